The molecule has 0 aliphatic heterocycles. The molecule has 0 heterocycles. The molecule has 0 fully saturated rings. The maximum Gasteiger partial charge on any atom is 0.488 e. The molecular weight excluding hydrogens is 939 g/mol. The van der Waals surface area contributed by atoms with E-state index in [0.717, 1.165) is 15.6 Å². The highest BCUT2D eigenvalue weighted by Gasteiger charge is 2.16. The minimum Gasteiger partial charge on any atom is -0.423 e. The molecule has 0 saturated carbocycles. The summed E-state index contributed by atoms with van der Waals surface area (Å²) in [6.45, 7) is 0. The Balaban J connectivity index is 0.000000120. The topological polar surface area (TPSA) is 40.5 Å². The fourth-order valence-corrected chi connectivity index (χ4v) is 11.3. The Kier molecular flexibility index (Phi) is 12.1. The molecule has 0 bridgehead atoms. The van der Waals surface area contributed by atoms with Crippen LogP contribution in [0.4, 0.5) is 0 Å². The lowest BCUT2D eigenvalue weighted by Gasteiger charge is -2.16. The molecule has 0 spiro atoms. The van der Waals surface area contributed by atoms with Gasteiger partial charge < -0.3 is 10.0 Å². The molecule has 14 aromatic carbocycles. The highest BCUT2D eigenvalue weighted by Crippen LogP contribution is 2.44. The molecule has 0 aliphatic carbocycles. The molecule has 340 valence electrons. The molecule has 4 heteroatoms. The van der Waals surface area contributed by atoms with E-state index in [1.807, 2.05) is 42.5 Å². The number of halogens is 1. The highest BCUT2D eigenvalue weighted by atomic mass is 79.9. The Hall–Kier alpha value is -8.38. The van der Waals surface area contributed by atoms with Gasteiger partial charge in [0.2, 0.25) is 0 Å². The van der Waals surface area contributed by atoms with Gasteiger partial charge in [-0.25, -0.2) is 0 Å². The number of hydrogen-bond donors (Lipinski definition) is 2. The summed E-state index contributed by atoms with van der Waals surface area (Å²) in [5.74, 6) is 0. The van der Waals surface area contributed by atoms with E-state index >= 15 is 0 Å². The lowest BCUT2D eigenvalue weighted by atomic mass is 9.79. The fourth-order valence-electron chi connectivity index (χ4n) is 10.7. The van der Waals surface area contributed by atoms with E-state index in [2.05, 4.69) is 228 Å². The van der Waals surface area contributed by atoms with Crippen LogP contribution < -0.4 is 5.46 Å². The zero-order valence-corrected chi connectivity index (χ0v) is 40.8. The van der Waals surface area contributed by atoms with Crippen molar-refractivity contribution in [2.45, 2.75) is 0 Å². The minimum absolute atomic E-state index is 0.511. The first kappa shape index (κ1) is 44.8. The fraction of sp³-hybridized carbons (Fsp3) is 0. The number of fused-ring (bicyclic) bond motifs is 16. The second kappa shape index (κ2) is 19.4. The molecule has 0 radical (unpaired) electrons. The third kappa shape index (κ3) is 8.26. The van der Waals surface area contributed by atoms with E-state index in [1.165, 1.54) is 108 Å². The third-order valence-corrected chi connectivity index (χ3v) is 14.7. The Morgan fingerprint density at radius 3 is 1.04 bits per heavy atom. The number of benzene rings is 14. The standard InChI is InChI=1S/C34H22.C22H13Br.C12H11BO2/c1-2-11-23(12-3-1)24-13-10-14-25(21-24)32-22-33-28-17-5-4-15-26(28)27-16-6-8-19-30(27)34(33)31-20-9-7-18-29(31)32;23-21-13-20-16-9-2-1-7-14(16)15-8-3-5-11-18(15)22(20)19-12-6-4-10-17(19)21;14-13(15)12-8-4-7-11(9-12)10-5-2-1-3-6-10/h1-22H;1-13H;1-9,14-15H. The summed E-state index contributed by atoms with van der Waals surface area (Å²) >= 11 is 3.77. The summed E-state index contributed by atoms with van der Waals surface area (Å²) in [6.07, 6.45) is 0. The van der Waals surface area contributed by atoms with Crippen molar-refractivity contribution in [3.05, 3.63) is 271 Å². The zero-order valence-electron chi connectivity index (χ0n) is 39.3. The quantitative estimate of drug-likeness (QED) is 0.136. The van der Waals surface area contributed by atoms with E-state index < -0.39 is 7.12 Å². The van der Waals surface area contributed by atoms with Gasteiger partial charge in [-0.3, -0.25) is 0 Å². The van der Waals surface area contributed by atoms with Gasteiger partial charge in [0.1, 0.15) is 0 Å². The average molecular weight is 986 g/mol. The molecule has 0 aromatic heterocycles. The van der Waals surface area contributed by atoms with Crippen LogP contribution >= 0.6 is 15.9 Å². The van der Waals surface area contributed by atoms with E-state index in [-0.39, 0.29) is 0 Å². The number of rotatable bonds is 4. The second-order valence-electron chi connectivity index (χ2n) is 18.2. The molecule has 0 saturated heterocycles. The van der Waals surface area contributed by atoms with E-state index in [1.54, 1.807) is 12.1 Å². The van der Waals surface area contributed by atoms with Crippen LogP contribution in [0.1, 0.15) is 0 Å². The molecule has 2 nitrogen and oxygen atoms in total. The maximum atomic E-state index is 9.05. The first-order valence-electron chi connectivity index (χ1n) is 24.3. The first-order chi connectivity index (χ1) is 35.5. The Morgan fingerprint density at radius 2 is 0.556 bits per heavy atom. The van der Waals surface area contributed by atoms with Crippen LogP contribution in [-0.2, 0) is 0 Å². The number of hydrogen-bond acceptors (Lipinski definition) is 2. The summed E-state index contributed by atoms with van der Waals surface area (Å²) in [5, 5.41) is 39.1. The minimum atomic E-state index is -1.41. The molecular formula is C68H46BBrO2. The highest BCUT2D eigenvalue weighted by molar-refractivity contribution is 9.10. The van der Waals surface area contributed by atoms with Crippen molar-refractivity contribution in [3.8, 4) is 33.4 Å². The van der Waals surface area contributed by atoms with Gasteiger partial charge in [-0.05, 0) is 143 Å². The lowest BCUT2D eigenvalue weighted by molar-refractivity contribution is 0.426. The molecule has 14 aromatic rings. The van der Waals surface area contributed by atoms with Gasteiger partial charge in [-0.1, -0.05) is 265 Å². The van der Waals surface area contributed by atoms with Gasteiger partial charge in [0, 0.05) is 4.47 Å². The smallest absolute Gasteiger partial charge is 0.423 e. The molecule has 0 aliphatic rings. The molecule has 14 rings (SSSR count). The Bertz CT molecular complexity index is 4320. The lowest BCUT2D eigenvalue weighted by Crippen LogP contribution is -2.29. The summed E-state index contributed by atoms with van der Waals surface area (Å²) in [5.41, 5.74) is 7.58. The van der Waals surface area contributed by atoms with Crippen LogP contribution in [0.2, 0.25) is 0 Å². The van der Waals surface area contributed by atoms with Gasteiger partial charge in [0.15, 0.2) is 0 Å². The largest absolute Gasteiger partial charge is 0.488 e. The molecule has 72 heavy (non-hydrogen) atoms. The van der Waals surface area contributed by atoms with Gasteiger partial charge >= 0.3 is 7.12 Å². The maximum absolute atomic E-state index is 9.05. The summed E-state index contributed by atoms with van der Waals surface area (Å²) < 4.78 is 1.15. The van der Waals surface area contributed by atoms with Gasteiger partial charge in [0.05, 0.1) is 0 Å². The molecule has 0 atom stereocenters. The van der Waals surface area contributed by atoms with Crippen molar-refractivity contribution in [2.75, 3.05) is 0 Å². The van der Waals surface area contributed by atoms with Crippen LogP contribution in [0.5, 0.6) is 0 Å². The third-order valence-electron chi connectivity index (χ3n) is 14.0. The van der Waals surface area contributed by atoms with Crippen molar-refractivity contribution in [2.24, 2.45) is 0 Å². The Labute approximate surface area is 427 Å². The van der Waals surface area contributed by atoms with Crippen molar-refractivity contribution >= 4 is 115 Å². The Morgan fingerprint density at radius 1 is 0.236 bits per heavy atom. The van der Waals surface area contributed by atoms with Crippen molar-refractivity contribution in [1.29, 1.82) is 0 Å². The second-order valence-corrected chi connectivity index (χ2v) is 19.1. The predicted octanol–water partition coefficient (Wildman–Crippen LogP) is 17.7. The first-order valence-corrected chi connectivity index (χ1v) is 25.1. The van der Waals surface area contributed by atoms with Crippen molar-refractivity contribution in [1.82, 2.24) is 0 Å². The van der Waals surface area contributed by atoms with E-state index in [4.69, 9.17) is 10.0 Å². The normalized spacial score (nSPS) is 11.3. The van der Waals surface area contributed by atoms with E-state index in [0.29, 0.717) is 5.46 Å². The van der Waals surface area contributed by atoms with Crippen LogP contribution in [0, 0.1) is 0 Å². The SMILES string of the molecule is Brc1cc2c3ccccc3c3ccccc3c2c2ccccc12.OB(O)c1cccc(-c2ccccc2)c1.c1ccc(-c2cccc(-c3cc4c5ccccc5c5ccccc5c4c4ccccc34)c2)cc1. The van der Waals surface area contributed by atoms with Gasteiger partial charge in [-0.2, -0.15) is 0 Å². The van der Waals surface area contributed by atoms with Crippen LogP contribution in [0.25, 0.3) is 120 Å². The molecule has 0 unspecified atom stereocenters. The predicted molar refractivity (Wildman–Crippen MR) is 313 cm³/mol. The zero-order chi connectivity index (χ0) is 48.5. The summed E-state index contributed by atoms with van der Waals surface area (Å²) in [7, 11) is -1.41. The van der Waals surface area contributed by atoms with Crippen molar-refractivity contribution in [3.63, 3.8) is 0 Å². The van der Waals surface area contributed by atoms with Crippen LogP contribution in [0.3, 0.4) is 0 Å². The molecule has 0 amide bonds. The van der Waals surface area contributed by atoms with Crippen molar-refractivity contribution < 1.29 is 10.0 Å². The van der Waals surface area contributed by atoms with Crippen LogP contribution in [-0.4, -0.2) is 17.2 Å². The summed E-state index contributed by atoms with van der Waals surface area (Å²) in [6, 6.07) is 93.9. The average Bonchev–Trinajstić information content (AvgIpc) is 3.46. The van der Waals surface area contributed by atoms with Gasteiger partial charge in [-0.15, -0.1) is 0 Å². The van der Waals surface area contributed by atoms with E-state index in [9.17, 15) is 0 Å². The molecule has 2 N–H and O–H groups in total. The monoisotopic (exact) mass is 984 g/mol. The summed E-state index contributed by atoms with van der Waals surface area (Å²) in [4.78, 5) is 0. The van der Waals surface area contributed by atoms with Crippen LogP contribution in [0.15, 0.2) is 271 Å². The van der Waals surface area contributed by atoms with Gasteiger partial charge in [0.25, 0.3) is 0 Å².